The topological polar surface area (TPSA) is 55.2 Å². The number of hydrogen-bond acceptors (Lipinski definition) is 3. The summed E-state index contributed by atoms with van der Waals surface area (Å²) < 4.78 is 0.472. The molecule has 2 aromatic rings. The van der Waals surface area contributed by atoms with Crippen molar-refractivity contribution in [3.63, 3.8) is 0 Å². The molecule has 0 heterocycles. The number of nitrogens with one attached hydrogen (secondary N) is 1. The van der Waals surface area contributed by atoms with Crippen molar-refractivity contribution in [3.05, 3.63) is 67.1 Å². The fraction of sp³-hybridized carbons (Fsp3) is 0.143. The van der Waals surface area contributed by atoms with Crippen LogP contribution < -0.4 is 5.32 Å². The van der Waals surface area contributed by atoms with E-state index in [2.05, 4.69) is 21.2 Å². The minimum absolute atomic E-state index is 0.0552. The molecule has 2 rings (SSSR count). The van der Waals surface area contributed by atoms with Crippen molar-refractivity contribution >= 4 is 38.9 Å². The van der Waals surface area contributed by atoms with E-state index in [1.165, 1.54) is 0 Å². The first-order chi connectivity index (χ1) is 9.47. The highest BCUT2D eigenvalue weighted by molar-refractivity contribution is 9.10. The van der Waals surface area contributed by atoms with Crippen LogP contribution in [0.15, 0.2) is 40.9 Å². The van der Waals surface area contributed by atoms with Gasteiger partial charge in [0.2, 0.25) is 0 Å². The fourth-order valence-corrected chi connectivity index (χ4v) is 2.36. The number of aryl methyl sites for hydroxylation is 1. The summed E-state index contributed by atoms with van der Waals surface area (Å²) >= 11 is 9.26. The second-order valence-corrected chi connectivity index (χ2v) is 5.64. The number of nitro benzene ring substituents is 1. The van der Waals surface area contributed by atoms with E-state index in [1.54, 1.807) is 12.1 Å². The van der Waals surface area contributed by atoms with Gasteiger partial charge in [0.05, 0.1) is 20.1 Å². The molecule has 1 N–H and O–H groups in total. The van der Waals surface area contributed by atoms with Gasteiger partial charge in [0.15, 0.2) is 0 Å². The maximum absolute atomic E-state index is 10.9. The van der Waals surface area contributed by atoms with Gasteiger partial charge in [-0.05, 0) is 52.2 Å². The van der Waals surface area contributed by atoms with Crippen LogP contribution in [0.5, 0.6) is 0 Å². The van der Waals surface area contributed by atoms with Crippen molar-refractivity contribution in [1.82, 2.24) is 0 Å². The molecule has 0 bridgehead atoms. The molecule has 6 heteroatoms. The van der Waals surface area contributed by atoms with Crippen LogP contribution >= 0.6 is 27.5 Å². The van der Waals surface area contributed by atoms with E-state index in [9.17, 15) is 10.1 Å². The normalized spacial score (nSPS) is 10.3. The van der Waals surface area contributed by atoms with E-state index in [1.807, 2.05) is 31.2 Å². The Morgan fingerprint density at radius 3 is 2.75 bits per heavy atom. The molecular formula is C14H12BrClN2O2. The van der Waals surface area contributed by atoms with Crippen molar-refractivity contribution < 1.29 is 4.92 Å². The molecule has 4 nitrogen and oxygen atoms in total. The first-order valence-corrected chi connectivity index (χ1v) is 7.07. The van der Waals surface area contributed by atoms with E-state index in [4.69, 9.17) is 11.6 Å². The van der Waals surface area contributed by atoms with Crippen molar-refractivity contribution in [1.29, 1.82) is 0 Å². The highest BCUT2D eigenvalue weighted by atomic mass is 79.9. The van der Waals surface area contributed by atoms with E-state index in [0.29, 0.717) is 16.0 Å². The molecule has 0 aliphatic rings. The Morgan fingerprint density at radius 1 is 1.30 bits per heavy atom. The minimum Gasteiger partial charge on any atom is -0.380 e. The summed E-state index contributed by atoms with van der Waals surface area (Å²) in [5.74, 6) is 0. The van der Waals surface area contributed by atoms with Gasteiger partial charge in [0.1, 0.15) is 0 Å². The van der Waals surface area contributed by atoms with Gasteiger partial charge in [-0.2, -0.15) is 0 Å². The third-order valence-corrected chi connectivity index (χ3v) is 3.81. The van der Waals surface area contributed by atoms with Crippen molar-refractivity contribution in [2.75, 3.05) is 5.32 Å². The molecule has 0 amide bonds. The van der Waals surface area contributed by atoms with Crippen molar-refractivity contribution in [3.8, 4) is 0 Å². The number of benzene rings is 2. The summed E-state index contributed by atoms with van der Waals surface area (Å²) in [6.45, 7) is 2.45. The third-order valence-electron chi connectivity index (χ3n) is 2.81. The molecule has 0 saturated carbocycles. The Labute approximate surface area is 130 Å². The quantitative estimate of drug-likeness (QED) is 0.625. The van der Waals surface area contributed by atoms with Gasteiger partial charge < -0.3 is 5.32 Å². The van der Waals surface area contributed by atoms with Crippen LogP contribution in [0.4, 0.5) is 11.4 Å². The molecule has 0 aliphatic heterocycles. The fourth-order valence-electron chi connectivity index (χ4n) is 1.78. The number of nitrogens with zero attached hydrogens (tertiary/aromatic N) is 1. The molecule has 0 spiro atoms. The summed E-state index contributed by atoms with van der Waals surface area (Å²) in [6.07, 6.45) is 0. The van der Waals surface area contributed by atoms with Gasteiger partial charge >= 0.3 is 0 Å². The first kappa shape index (κ1) is 14.8. The van der Waals surface area contributed by atoms with Crippen LogP contribution in [0.1, 0.15) is 11.1 Å². The number of anilines is 1. The monoisotopic (exact) mass is 354 g/mol. The predicted octanol–water partition coefficient (Wildman–Crippen LogP) is 4.93. The maximum atomic E-state index is 10.9. The largest absolute Gasteiger partial charge is 0.380 e. The Morgan fingerprint density at radius 2 is 2.05 bits per heavy atom. The van der Waals surface area contributed by atoms with Crippen LogP contribution in [0.25, 0.3) is 0 Å². The molecule has 0 fully saturated rings. The number of hydrogen-bond donors (Lipinski definition) is 1. The SMILES string of the molecule is Cc1ccc(Cl)c(NCc2ccc(Br)c([N+](=O)[O-])c2)c1. The molecule has 0 radical (unpaired) electrons. The lowest BCUT2D eigenvalue weighted by molar-refractivity contribution is -0.385. The summed E-state index contributed by atoms with van der Waals surface area (Å²) in [7, 11) is 0. The van der Waals surface area contributed by atoms with Crippen molar-refractivity contribution in [2.24, 2.45) is 0 Å². The lowest BCUT2D eigenvalue weighted by Gasteiger charge is -2.09. The lowest BCUT2D eigenvalue weighted by atomic mass is 10.2. The molecule has 104 valence electrons. The van der Waals surface area contributed by atoms with Crippen LogP contribution in [-0.4, -0.2) is 4.92 Å². The molecule has 2 aromatic carbocycles. The third kappa shape index (κ3) is 3.49. The number of nitro groups is 1. The predicted molar refractivity (Wildman–Crippen MR) is 84.3 cm³/mol. The zero-order valence-corrected chi connectivity index (χ0v) is 13.0. The smallest absolute Gasteiger partial charge is 0.283 e. The Hall–Kier alpha value is -1.59. The van der Waals surface area contributed by atoms with Gasteiger partial charge in [0, 0.05) is 12.6 Å². The Balaban J connectivity index is 2.17. The van der Waals surface area contributed by atoms with Gasteiger partial charge in [0.25, 0.3) is 5.69 Å². The van der Waals surface area contributed by atoms with Gasteiger partial charge in [-0.25, -0.2) is 0 Å². The lowest BCUT2D eigenvalue weighted by Crippen LogP contribution is -2.01. The zero-order valence-electron chi connectivity index (χ0n) is 10.7. The minimum atomic E-state index is -0.409. The van der Waals surface area contributed by atoms with E-state index >= 15 is 0 Å². The standard InChI is InChI=1S/C14H12BrClN2O2/c1-9-2-5-12(16)13(6-9)17-8-10-3-4-11(15)14(7-10)18(19)20/h2-7,17H,8H2,1H3. The molecule has 20 heavy (non-hydrogen) atoms. The molecule has 0 saturated heterocycles. The maximum Gasteiger partial charge on any atom is 0.283 e. The summed E-state index contributed by atoms with van der Waals surface area (Å²) in [5.41, 5.74) is 2.79. The molecule has 0 atom stereocenters. The number of rotatable bonds is 4. The zero-order chi connectivity index (χ0) is 14.7. The van der Waals surface area contributed by atoms with Crippen LogP contribution in [0, 0.1) is 17.0 Å². The van der Waals surface area contributed by atoms with Gasteiger partial charge in [-0.15, -0.1) is 0 Å². The molecular weight excluding hydrogens is 344 g/mol. The highest BCUT2D eigenvalue weighted by Gasteiger charge is 2.12. The molecule has 0 unspecified atom stereocenters. The van der Waals surface area contributed by atoms with E-state index < -0.39 is 4.92 Å². The van der Waals surface area contributed by atoms with Crippen molar-refractivity contribution in [2.45, 2.75) is 13.5 Å². The summed E-state index contributed by atoms with van der Waals surface area (Å²) in [6, 6.07) is 10.7. The number of halogens is 2. The van der Waals surface area contributed by atoms with Crippen LogP contribution in [-0.2, 0) is 6.54 Å². The highest BCUT2D eigenvalue weighted by Crippen LogP contribution is 2.27. The second-order valence-electron chi connectivity index (χ2n) is 4.38. The van der Waals surface area contributed by atoms with Gasteiger partial charge in [-0.1, -0.05) is 23.7 Å². The van der Waals surface area contributed by atoms with Crippen LogP contribution in [0.3, 0.4) is 0 Å². The summed E-state index contributed by atoms with van der Waals surface area (Å²) in [5, 5.41) is 14.7. The van der Waals surface area contributed by atoms with E-state index in [-0.39, 0.29) is 5.69 Å². The average molecular weight is 356 g/mol. The average Bonchev–Trinajstić information content (AvgIpc) is 2.41. The Bertz CT molecular complexity index is 662. The Kier molecular flexibility index (Phi) is 4.62. The molecule has 0 aromatic heterocycles. The summed E-state index contributed by atoms with van der Waals surface area (Å²) in [4.78, 5) is 10.5. The van der Waals surface area contributed by atoms with Gasteiger partial charge in [-0.3, -0.25) is 10.1 Å². The second kappa shape index (κ2) is 6.24. The first-order valence-electron chi connectivity index (χ1n) is 5.90. The molecule has 0 aliphatic carbocycles. The van der Waals surface area contributed by atoms with Crippen LogP contribution in [0.2, 0.25) is 5.02 Å². The van der Waals surface area contributed by atoms with E-state index in [0.717, 1.165) is 16.8 Å².